The van der Waals surface area contributed by atoms with Crippen LogP contribution >= 0.6 is 0 Å². The average Bonchev–Trinajstić information content (AvgIpc) is 2.89. The SMILES string of the molecule is C=C(C)C(=O)OCCOCCOCCOCCOCCOCCCCCCCCCCCCCCCC. The van der Waals surface area contributed by atoms with E-state index in [1.54, 1.807) is 6.92 Å². The van der Waals surface area contributed by atoms with Crippen molar-refractivity contribution in [2.24, 2.45) is 0 Å². The van der Waals surface area contributed by atoms with E-state index in [0.717, 1.165) is 13.0 Å². The van der Waals surface area contributed by atoms with Crippen molar-refractivity contribution in [1.82, 2.24) is 0 Å². The molecule has 0 aromatic carbocycles. The van der Waals surface area contributed by atoms with Crippen molar-refractivity contribution in [1.29, 1.82) is 0 Å². The predicted molar refractivity (Wildman–Crippen MR) is 150 cm³/mol. The highest BCUT2D eigenvalue weighted by Gasteiger charge is 2.02. The Bertz CT molecular complexity index is 485. The molecule has 0 saturated heterocycles. The van der Waals surface area contributed by atoms with Crippen LogP contribution < -0.4 is 0 Å². The lowest BCUT2D eigenvalue weighted by molar-refractivity contribution is -0.140. The van der Waals surface area contributed by atoms with E-state index in [1.165, 1.54) is 83.5 Å². The molecule has 0 atom stereocenters. The quantitative estimate of drug-likeness (QED) is 0.0563. The van der Waals surface area contributed by atoms with E-state index in [9.17, 15) is 4.79 Å². The number of hydrogen-bond donors (Lipinski definition) is 0. The summed E-state index contributed by atoms with van der Waals surface area (Å²) in [5.41, 5.74) is 0.387. The van der Waals surface area contributed by atoms with Gasteiger partial charge in [0, 0.05) is 12.2 Å². The van der Waals surface area contributed by atoms with Gasteiger partial charge in [0.15, 0.2) is 0 Å². The molecule has 0 radical (unpaired) electrons. The molecule has 0 aromatic heterocycles. The van der Waals surface area contributed by atoms with Crippen molar-refractivity contribution in [3.63, 3.8) is 0 Å². The minimum Gasteiger partial charge on any atom is -0.460 e. The molecular weight excluding hydrogens is 472 g/mol. The predicted octanol–water partition coefficient (Wildman–Crippen LogP) is 6.67. The molecule has 0 heterocycles. The fourth-order valence-electron chi connectivity index (χ4n) is 3.70. The molecule has 0 aliphatic heterocycles. The number of ether oxygens (including phenoxy) is 6. The molecule has 0 aliphatic rings. The summed E-state index contributed by atoms with van der Waals surface area (Å²) in [4.78, 5) is 11.2. The van der Waals surface area contributed by atoms with Crippen molar-refractivity contribution in [2.75, 3.05) is 72.7 Å². The van der Waals surface area contributed by atoms with E-state index in [0.29, 0.717) is 65.0 Å². The van der Waals surface area contributed by atoms with Crippen LogP contribution in [0.3, 0.4) is 0 Å². The molecule has 0 spiro atoms. The van der Waals surface area contributed by atoms with Crippen LogP contribution in [0.15, 0.2) is 12.2 Å². The van der Waals surface area contributed by atoms with Gasteiger partial charge in [0.05, 0.1) is 59.5 Å². The van der Waals surface area contributed by atoms with E-state index in [-0.39, 0.29) is 6.61 Å². The van der Waals surface area contributed by atoms with Gasteiger partial charge >= 0.3 is 5.97 Å². The zero-order valence-corrected chi connectivity index (χ0v) is 24.2. The van der Waals surface area contributed by atoms with Gasteiger partial charge in [0.1, 0.15) is 6.61 Å². The average molecular weight is 531 g/mol. The third-order valence-electron chi connectivity index (χ3n) is 5.94. The van der Waals surface area contributed by atoms with E-state index in [4.69, 9.17) is 28.4 Å². The van der Waals surface area contributed by atoms with Crippen LogP contribution in [0, 0.1) is 0 Å². The Morgan fingerprint density at radius 1 is 0.459 bits per heavy atom. The third-order valence-corrected chi connectivity index (χ3v) is 5.94. The van der Waals surface area contributed by atoms with Crippen molar-refractivity contribution in [2.45, 2.75) is 104 Å². The highest BCUT2D eigenvalue weighted by Crippen LogP contribution is 2.12. The van der Waals surface area contributed by atoms with Gasteiger partial charge < -0.3 is 28.4 Å². The fraction of sp³-hybridized carbons (Fsp3) is 0.900. The molecule has 0 unspecified atom stereocenters. The normalized spacial score (nSPS) is 11.2. The van der Waals surface area contributed by atoms with Gasteiger partial charge in [-0.25, -0.2) is 4.79 Å². The first-order chi connectivity index (χ1) is 18.2. The molecule has 0 amide bonds. The lowest BCUT2D eigenvalue weighted by Gasteiger charge is -2.08. The highest BCUT2D eigenvalue weighted by atomic mass is 16.6. The Labute approximate surface area is 227 Å². The standard InChI is InChI=1S/C30H58O7/c1-4-5-6-7-8-9-10-11-12-13-14-15-16-17-18-32-19-20-33-21-22-34-23-24-35-25-26-36-27-28-37-30(31)29(2)3/h2,4-28H2,1,3H3. The number of rotatable bonds is 31. The van der Waals surface area contributed by atoms with Crippen LogP contribution in [0.25, 0.3) is 0 Å². The molecule has 37 heavy (non-hydrogen) atoms. The van der Waals surface area contributed by atoms with Crippen LogP contribution in [0.1, 0.15) is 104 Å². The van der Waals surface area contributed by atoms with Gasteiger partial charge in [-0.15, -0.1) is 0 Å². The summed E-state index contributed by atoms with van der Waals surface area (Å²) >= 11 is 0. The first-order valence-electron chi connectivity index (χ1n) is 14.9. The number of carbonyl (C=O) groups excluding carboxylic acids is 1. The highest BCUT2D eigenvalue weighted by molar-refractivity contribution is 5.86. The van der Waals surface area contributed by atoms with Gasteiger partial charge in [-0.3, -0.25) is 0 Å². The maximum absolute atomic E-state index is 11.2. The Kier molecular flexibility index (Phi) is 30.4. The van der Waals surface area contributed by atoms with E-state index in [2.05, 4.69) is 13.5 Å². The second kappa shape index (κ2) is 31.2. The molecule has 0 aliphatic carbocycles. The molecule has 0 aromatic rings. The van der Waals surface area contributed by atoms with Crippen LogP contribution in [0.5, 0.6) is 0 Å². The molecule has 0 bridgehead atoms. The summed E-state index contributed by atoms with van der Waals surface area (Å²) in [5.74, 6) is -0.395. The Hall–Kier alpha value is -0.990. The summed E-state index contributed by atoms with van der Waals surface area (Å²) in [6, 6.07) is 0. The zero-order chi connectivity index (χ0) is 27.1. The number of esters is 1. The van der Waals surface area contributed by atoms with Gasteiger partial charge in [-0.2, -0.15) is 0 Å². The number of carbonyl (C=O) groups is 1. The lowest BCUT2D eigenvalue weighted by atomic mass is 10.0. The summed E-state index contributed by atoms with van der Waals surface area (Å²) in [6.45, 7) is 13.1. The second-order valence-electron chi connectivity index (χ2n) is 9.57. The van der Waals surface area contributed by atoms with Crippen LogP contribution in [-0.2, 0) is 33.2 Å². The maximum atomic E-state index is 11.2. The largest absolute Gasteiger partial charge is 0.460 e. The summed E-state index contributed by atoms with van der Waals surface area (Å²) in [5, 5.41) is 0. The van der Waals surface area contributed by atoms with E-state index in [1.807, 2.05) is 0 Å². The van der Waals surface area contributed by atoms with Crippen LogP contribution in [0.2, 0.25) is 0 Å². The molecule has 7 nitrogen and oxygen atoms in total. The Morgan fingerprint density at radius 2 is 0.757 bits per heavy atom. The molecule has 220 valence electrons. The topological polar surface area (TPSA) is 72.5 Å². The zero-order valence-electron chi connectivity index (χ0n) is 24.2. The maximum Gasteiger partial charge on any atom is 0.333 e. The summed E-state index contributed by atoms with van der Waals surface area (Å²) in [7, 11) is 0. The van der Waals surface area contributed by atoms with E-state index < -0.39 is 5.97 Å². The van der Waals surface area contributed by atoms with E-state index >= 15 is 0 Å². The summed E-state index contributed by atoms with van der Waals surface area (Å²) < 4.78 is 32.3. The van der Waals surface area contributed by atoms with Gasteiger partial charge in [-0.1, -0.05) is 97.0 Å². The van der Waals surface area contributed by atoms with Crippen LogP contribution in [-0.4, -0.2) is 78.6 Å². The smallest absolute Gasteiger partial charge is 0.333 e. The van der Waals surface area contributed by atoms with Gasteiger partial charge in [0.25, 0.3) is 0 Å². The van der Waals surface area contributed by atoms with Gasteiger partial charge in [-0.05, 0) is 13.3 Å². The molecule has 7 heteroatoms. The second-order valence-corrected chi connectivity index (χ2v) is 9.57. The van der Waals surface area contributed by atoms with Crippen LogP contribution in [0.4, 0.5) is 0 Å². The Morgan fingerprint density at radius 3 is 1.11 bits per heavy atom. The van der Waals surface area contributed by atoms with Crippen molar-refractivity contribution < 1.29 is 33.2 Å². The molecule has 0 saturated carbocycles. The monoisotopic (exact) mass is 530 g/mol. The molecule has 0 rings (SSSR count). The molecule has 0 fully saturated rings. The van der Waals surface area contributed by atoms with Gasteiger partial charge in [0.2, 0.25) is 0 Å². The third kappa shape index (κ3) is 31.1. The van der Waals surface area contributed by atoms with Crippen molar-refractivity contribution in [3.8, 4) is 0 Å². The lowest BCUT2D eigenvalue weighted by Crippen LogP contribution is -2.15. The number of hydrogen-bond acceptors (Lipinski definition) is 7. The van der Waals surface area contributed by atoms with Crippen molar-refractivity contribution >= 4 is 5.97 Å². The Balaban J connectivity index is 3.05. The first kappa shape index (κ1) is 36.0. The number of unbranched alkanes of at least 4 members (excludes halogenated alkanes) is 13. The fourth-order valence-corrected chi connectivity index (χ4v) is 3.70. The molecule has 0 N–H and O–H groups in total. The van der Waals surface area contributed by atoms with Crippen molar-refractivity contribution in [3.05, 3.63) is 12.2 Å². The minimum atomic E-state index is -0.395. The molecular formula is C30H58O7. The first-order valence-corrected chi connectivity index (χ1v) is 14.9. The minimum absolute atomic E-state index is 0.222. The summed E-state index contributed by atoms with van der Waals surface area (Å²) in [6.07, 6.45) is 19.3.